The van der Waals surface area contributed by atoms with Crippen LogP contribution in [0.15, 0.2) is 35.7 Å². The molecule has 1 aromatic carbocycles. The fraction of sp³-hybridized carbons (Fsp3) is 0.450. The van der Waals surface area contributed by atoms with Gasteiger partial charge in [-0.05, 0) is 36.4 Å². The van der Waals surface area contributed by atoms with Crippen molar-refractivity contribution in [1.29, 1.82) is 0 Å². The lowest BCUT2D eigenvalue weighted by Crippen LogP contribution is -2.73. The largest absolute Gasteiger partial charge is 0.334 e. The fourth-order valence-electron chi connectivity index (χ4n) is 3.91. The van der Waals surface area contributed by atoms with Gasteiger partial charge in [0.25, 0.3) is 0 Å². The number of thiophene rings is 1. The molecule has 2 aliphatic heterocycles. The lowest BCUT2D eigenvalue weighted by Gasteiger charge is -2.60. The third kappa shape index (κ3) is 3.58. The Morgan fingerprint density at radius 1 is 1.12 bits per heavy atom. The van der Waals surface area contributed by atoms with Crippen molar-refractivity contribution < 1.29 is 4.79 Å². The van der Waals surface area contributed by atoms with Crippen LogP contribution in [0.1, 0.15) is 21.6 Å². The molecule has 0 radical (unpaired) electrons. The molecule has 2 aliphatic rings. The first-order valence-corrected chi connectivity index (χ1v) is 9.74. The van der Waals surface area contributed by atoms with Crippen molar-refractivity contribution >= 4 is 17.4 Å². The molecule has 0 saturated carbocycles. The normalized spacial score (nSPS) is 18.7. The molecule has 0 unspecified atom stereocenters. The Morgan fingerprint density at radius 3 is 2.48 bits per heavy atom. The molecule has 1 spiro atoms. The number of urea groups is 1. The molecule has 3 heterocycles. The first kappa shape index (κ1) is 16.6. The number of benzene rings is 1. The third-order valence-corrected chi connectivity index (χ3v) is 6.23. The molecular formula is C20H25N3OS. The molecule has 1 N–H and O–H groups in total. The summed E-state index contributed by atoms with van der Waals surface area (Å²) in [5, 5.41) is 5.25. The van der Waals surface area contributed by atoms with Gasteiger partial charge in [0.1, 0.15) is 0 Å². The molecule has 2 saturated heterocycles. The maximum absolute atomic E-state index is 12.3. The molecule has 4 nitrogen and oxygen atoms in total. The summed E-state index contributed by atoms with van der Waals surface area (Å²) in [6.07, 6.45) is 0. The lowest BCUT2D eigenvalue weighted by atomic mass is 9.73. The Labute approximate surface area is 153 Å². The van der Waals surface area contributed by atoms with E-state index < -0.39 is 0 Å². The average molecular weight is 356 g/mol. The summed E-state index contributed by atoms with van der Waals surface area (Å²) in [5.74, 6) is 0. The molecular weight excluding hydrogens is 330 g/mol. The zero-order valence-electron chi connectivity index (χ0n) is 14.9. The van der Waals surface area contributed by atoms with Crippen molar-refractivity contribution in [3.05, 3.63) is 57.3 Å². The predicted octanol–water partition coefficient (Wildman–Crippen LogP) is 3.39. The molecule has 2 aromatic rings. The number of hydrogen-bond donors (Lipinski definition) is 1. The van der Waals surface area contributed by atoms with Crippen LogP contribution in [0, 0.1) is 19.3 Å². The number of nitrogens with zero attached hydrogens (tertiary/aromatic N) is 2. The van der Waals surface area contributed by atoms with Crippen LogP contribution in [0.25, 0.3) is 0 Å². The van der Waals surface area contributed by atoms with Crippen LogP contribution in [0.4, 0.5) is 4.79 Å². The van der Waals surface area contributed by atoms with E-state index in [0.717, 1.165) is 38.3 Å². The molecule has 1 aromatic heterocycles. The number of rotatable bonds is 4. The van der Waals surface area contributed by atoms with E-state index in [2.05, 4.69) is 59.8 Å². The van der Waals surface area contributed by atoms with Crippen LogP contribution >= 0.6 is 11.3 Å². The summed E-state index contributed by atoms with van der Waals surface area (Å²) in [6.45, 7) is 9.91. The zero-order chi connectivity index (χ0) is 17.4. The van der Waals surface area contributed by atoms with Gasteiger partial charge in [-0.25, -0.2) is 4.79 Å². The molecule has 2 amide bonds. The van der Waals surface area contributed by atoms with Crippen LogP contribution < -0.4 is 5.32 Å². The first-order chi connectivity index (χ1) is 12.0. The van der Waals surface area contributed by atoms with E-state index in [-0.39, 0.29) is 6.03 Å². The number of aryl methyl sites for hydroxylation is 2. The lowest BCUT2D eigenvalue weighted by molar-refractivity contribution is -0.0979. The number of carbonyl (C=O) groups is 1. The maximum atomic E-state index is 12.3. The summed E-state index contributed by atoms with van der Waals surface area (Å²) >= 11 is 1.85. The van der Waals surface area contributed by atoms with E-state index in [9.17, 15) is 4.79 Å². The van der Waals surface area contributed by atoms with Crippen molar-refractivity contribution in [2.45, 2.75) is 26.9 Å². The highest BCUT2D eigenvalue weighted by molar-refractivity contribution is 7.10. The van der Waals surface area contributed by atoms with E-state index in [0.29, 0.717) is 12.0 Å². The van der Waals surface area contributed by atoms with E-state index in [4.69, 9.17) is 0 Å². The predicted molar refractivity (Wildman–Crippen MR) is 102 cm³/mol. The first-order valence-electron chi connectivity index (χ1n) is 8.86. The Morgan fingerprint density at radius 2 is 1.84 bits per heavy atom. The minimum atomic E-state index is 0.0681. The molecule has 0 atom stereocenters. The second-order valence-electron chi connectivity index (χ2n) is 7.74. The van der Waals surface area contributed by atoms with Crippen molar-refractivity contribution in [3.8, 4) is 0 Å². The highest BCUT2D eigenvalue weighted by Crippen LogP contribution is 2.40. The second-order valence-corrected chi connectivity index (χ2v) is 8.73. The molecule has 2 fully saturated rings. The van der Waals surface area contributed by atoms with Crippen molar-refractivity contribution in [2.24, 2.45) is 5.41 Å². The fourth-order valence-corrected chi connectivity index (χ4v) is 4.83. The Hall–Kier alpha value is -1.85. The van der Waals surface area contributed by atoms with Crippen LogP contribution in [0.2, 0.25) is 0 Å². The third-order valence-electron chi connectivity index (χ3n) is 5.19. The van der Waals surface area contributed by atoms with Crippen LogP contribution in [0.3, 0.4) is 0 Å². The van der Waals surface area contributed by atoms with Gasteiger partial charge in [-0.2, -0.15) is 0 Å². The standard InChI is InChI=1S/C20H25N3OS/c1-15-3-5-17(6-4-15)8-21-19(24)23-13-20(14-23)11-22(12-20)9-18-7-16(2)10-25-18/h3-7,10H,8-9,11-14H2,1-2H3,(H,21,24). The van der Waals surface area contributed by atoms with Crippen molar-refractivity contribution in [1.82, 2.24) is 15.1 Å². The van der Waals surface area contributed by atoms with Gasteiger partial charge in [-0.15, -0.1) is 11.3 Å². The summed E-state index contributed by atoms with van der Waals surface area (Å²) in [4.78, 5) is 18.2. The second kappa shape index (κ2) is 6.46. The Kier molecular flexibility index (Phi) is 4.29. The number of hydrogen-bond acceptors (Lipinski definition) is 3. The highest BCUT2D eigenvalue weighted by atomic mass is 32.1. The van der Waals surface area contributed by atoms with Gasteiger partial charge in [0.15, 0.2) is 0 Å². The smallest absolute Gasteiger partial charge is 0.317 e. The summed E-state index contributed by atoms with van der Waals surface area (Å²) in [5.41, 5.74) is 4.10. The summed E-state index contributed by atoms with van der Waals surface area (Å²) in [7, 11) is 0. The van der Waals surface area contributed by atoms with E-state index in [1.54, 1.807) is 0 Å². The Balaban J connectivity index is 1.19. The maximum Gasteiger partial charge on any atom is 0.317 e. The molecule has 0 aliphatic carbocycles. The summed E-state index contributed by atoms with van der Waals surface area (Å²) < 4.78 is 0. The SMILES string of the molecule is Cc1ccc(CNC(=O)N2CC3(CN(Cc4cc(C)cs4)C3)C2)cc1. The van der Waals surface area contributed by atoms with Crippen molar-refractivity contribution in [3.63, 3.8) is 0 Å². The van der Waals surface area contributed by atoms with Gasteiger partial charge in [-0.3, -0.25) is 4.90 Å². The van der Waals surface area contributed by atoms with E-state index >= 15 is 0 Å². The van der Waals surface area contributed by atoms with Crippen LogP contribution in [-0.2, 0) is 13.1 Å². The average Bonchev–Trinajstić information content (AvgIpc) is 2.92. The van der Waals surface area contributed by atoms with Gasteiger partial charge < -0.3 is 10.2 Å². The number of nitrogens with one attached hydrogen (secondary N) is 1. The quantitative estimate of drug-likeness (QED) is 0.912. The highest BCUT2D eigenvalue weighted by Gasteiger charge is 2.52. The molecule has 25 heavy (non-hydrogen) atoms. The monoisotopic (exact) mass is 355 g/mol. The Bertz CT molecular complexity index is 754. The molecule has 0 bridgehead atoms. The van der Waals surface area contributed by atoms with Gasteiger partial charge in [-0.1, -0.05) is 29.8 Å². The number of carbonyl (C=O) groups excluding carboxylic acids is 1. The van der Waals surface area contributed by atoms with Gasteiger partial charge in [0.05, 0.1) is 0 Å². The zero-order valence-corrected chi connectivity index (χ0v) is 15.7. The van der Waals surface area contributed by atoms with Crippen molar-refractivity contribution in [2.75, 3.05) is 26.2 Å². The molecule has 132 valence electrons. The van der Waals surface area contributed by atoms with Gasteiger partial charge in [0.2, 0.25) is 0 Å². The van der Waals surface area contributed by atoms with Gasteiger partial charge >= 0.3 is 6.03 Å². The topological polar surface area (TPSA) is 35.6 Å². The van der Waals surface area contributed by atoms with Crippen LogP contribution in [-0.4, -0.2) is 42.0 Å². The van der Waals surface area contributed by atoms with Gasteiger partial charge in [0, 0.05) is 49.6 Å². The number of amides is 2. The minimum absolute atomic E-state index is 0.0681. The number of likely N-dealkylation sites (tertiary alicyclic amines) is 2. The summed E-state index contributed by atoms with van der Waals surface area (Å²) in [6, 6.07) is 10.7. The van der Waals surface area contributed by atoms with E-state index in [1.165, 1.54) is 16.0 Å². The van der Waals surface area contributed by atoms with Crippen LogP contribution in [0.5, 0.6) is 0 Å². The minimum Gasteiger partial charge on any atom is -0.334 e. The molecule has 4 rings (SSSR count). The van der Waals surface area contributed by atoms with E-state index in [1.807, 2.05) is 16.2 Å². The molecule has 5 heteroatoms.